The van der Waals surface area contributed by atoms with Crippen molar-refractivity contribution < 1.29 is 8.83 Å². The Morgan fingerprint density at radius 1 is 0.185 bits per heavy atom. The first-order chi connectivity index (χ1) is 45.5. The van der Waals surface area contributed by atoms with Gasteiger partial charge in [-0.25, -0.2) is 29.9 Å². The van der Waals surface area contributed by atoms with Crippen molar-refractivity contribution in [2.45, 2.75) is 0 Å². The van der Waals surface area contributed by atoms with Crippen LogP contribution in [0.4, 0.5) is 0 Å². The van der Waals surface area contributed by atoms with Gasteiger partial charge < -0.3 is 8.83 Å². The van der Waals surface area contributed by atoms with Crippen molar-refractivity contribution in [1.29, 1.82) is 0 Å². The third kappa shape index (κ3) is 8.39. The summed E-state index contributed by atoms with van der Waals surface area (Å²) in [6, 6.07) is 102. The monoisotopic (exact) mass is 1170 g/mol. The van der Waals surface area contributed by atoms with E-state index < -0.39 is 0 Å². The van der Waals surface area contributed by atoms with Gasteiger partial charge in [0, 0.05) is 60.5 Å². The van der Waals surface area contributed by atoms with Crippen LogP contribution in [0.1, 0.15) is 0 Å². The summed E-state index contributed by atoms with van der Waals surface area (Å²) in [5.41, 5.74) is 13.3. The van der Waals surface area contributed by atoms with Gasteiger partial charge in [-0.1, -0.05) is 243 Å². The van der Waals surface area contributed by atoms with Gasteiger partial charge in [0.05, 0.1) is 0 Å². The van der Waals surface area contributed by atoms with Gasteiger partial charge in [0.15, 0.2) is 34.9 Å². The Bertz CT molecular complexity index is 6210. The van der Waals surface area contributed by atoms with Gasteiger partial charge in [0.25, 0.3) is 0 Å². The second-order valence-electron chi connectivity index (χ2n) is 23.7. The second-order valence-corrected chi connectivity index (χ2v) is 23.7. The molecule has 19 aromatic rings. The van der Waals surface area contributed by atoms with Crippen molar-refractivity contribution in [3.8, 4) is 90.6 Å². The Balaban J connectivity index is 0.715. The lowest BCUT2D eigenvalue weighted by Crippen LogP contribution is -2.01. The van der Waals surface area contributed by atoms with Crippen molar-refractivity contribution >= 4 is 109 Å². The highest BCUT2D eigenvalue weighted by Crippen LogP contribution is 2.45. The average Bonchev–Trinajstić information content (AvgIpc) is 1.45. The zero-order valence-corrected chi connectivity index (χ0v) is 49.2. The zero-order valence-electron chi connectivity index (χ0n) is 49.2. The van der Waals surface area contributed by atoms with Gasteiger partial charge in [-0.3, -0.25) is 0 Å². The van der Waals surface area contributed by atoms with Crippen LogP contribution in [0, 0.1) is 0 Å². The molecule has 0 N–H and O–H groups in total. The number of hydrogen-bond donors (Lipinski definition) is 0. The summed E-state index contributed by atoms with van der Waals surface area (Å²) in [4.78, 5) is 31.1. The van der Waals surface area contributed by atoms with E-state index in [4.69, 9.17) is 38.7 Å². The van der Waals surface area contributed by atoms with E-state index in [1.807, 2.05) is 78.9 Å². The summed E-state index contributed by atoms with van der Waals surface area (Å²) >= 11 is 0. The first kappa shape index (κ1) is 51.5. The van der Waals surface area contributed by atoms with Crippen LogP contribution in [0.25, 0.3) is 199 Å². The molecule has 4 heterocycles. The molecule has 0 radical (unpaired) electrons. The number of rotatable bonds is 8. The highest BCUT2D eigenvalue weighted by Gasteiger charge is 2.22. The normalized spacial score (nSPS) is 11.9. The summed E-state index contributed by atoms with van der Waals surface area (Å²) in [7, 11) is 0. The predicted octanol–water partition coefficient (Wildman–Crippen LogP) is 22.1. The largest absolute Gasteiger partial charge is 0.456 e. The van der Waals surface area contributed by atoms with Crippen LogP contribution in [0.15, 0.2) is 300 Å². The molecule has 0 saturated heterocycles. The first-order valence-corrected chi connectivity index (χ1v) is 30.9. The number of furan rings is 2. The molecule has 4 aromatic heterocycles. The van der Waals surface area contributed by atoms with Crippen LogP contribution in [0.3, 0.4) is 0 Å². The Hall–Kier alpha value is -12.5. The van der Waals surface area contributed by atoms with Crippen LogP contribution in [0.5, 0.6) is 0 Å². The molecule has 0 spiro atoms. The highest BCUT2D eigenvalue weighted by atomic mass is 16.3. The molecule has 0 bridgehead atoms. The fourth-order valence-electron chi connectivity index (χ4n) is 13.9. The van der Waals surface area contributed by atoms with E-state index in [1.54, 1.807) is 0 Å². The highest BCUT2D eigenvalue weighted by molar-refractivity contribution is 6.24. The topological polar surface area (TPSA) is 104 Å². The van der Waals surface area contributed by atoms with Crippen molar-refractivity contribution in [3.63, 3.8) is 0 Å². The van der Waals surface area contributed by atoms with E-state index in [-0.39, 0.29) is 0 Å². The molecule has 426 valence electrons. The molecule has 19 rings (SSSR count). The molecule has 0 aliphatic rings. The maximum absolute atomic E-state index is 6.96. The Morgan fingerprint density at radius 2 is 0.609 bits per heavy atom. The molecule has 0 saturated carbocycles. The van der Waals surface area contributed by atoms with Crippen LogP contribution in [0.2, 0.25) is 0 Å². The minimum absolute atomic E-state index is 0.590. The lowest BCUT2D eigenvalue weighted by atomic mass is 9.91. The van der Waals surface area contributed by atoms with E-state index in [2.05, 4.69) is 212 Å². The third-order valence-electron chi connectivity index (χ3n) is 18.3. The molecule has 0 atom stereocenters. The SMILES string of the molecule is c1ccc(-c2nc(-c3ccccc3)nc(-c3ccc4c(-c5ccc6cc(-c7ccc8c(ccc9c(-c%10nc(-c%11ccc%12ccc%13oc%14ccccc%14c%13c%12c%11)nc(-c%11cccc%12ccccc%11%12)n%10)cccc98)c7)c7oc8ccccc8c7c6c5)cccc4c3)n2)cc1. The summed E-state index contributed by atoms with van der Waals surface area (Å²) in [6.07, 6.45) is 0. The van der Waals surface area contributed by atoms with E-state index in [1.165, 1.54) is 0 Å². The van der Waals surface area contributed by atoms with Crippen LogP contribution < -0.4 is 0 Å². The number of benzene rings is 15. The first-order valence-electron chi connectivity index (χ1n) is 30.9. The van der Waals surface area contributed by atoms with Gasteiger partial charge in [0.2, 0.25) is 0 Å². The minimum atomic E-state index is 0.590. The Labute approximate surface area is 526 Å². The molecular formula is C84H48N6O2. The van der Waals surface area contributed by atoms with Crippen LogP contribution >= 0.6 is 0 Å². The second kappa shape index (κ2) is 20.5. The zero-order chi connectivity index (χ0) is 60.4. The standard InChI is InChI=1S/C84H48N6O2/c1-3-17-51(18-4-1)79-85-80(52-19-5-2-6-20-52)87-81(86-79)58-38-41-62-53(45-58)22-14-26-61(62)56-33-34-57-47-72(78-77(71(57)46-56)69-25-10-12-31-74(69)92-78)55-36-40-63-54(44-55)37-42-65-64(63)27-15-29-67(65)84-89-82(88-83(90-84)66-28-13-21-49-16-7-8-23-60(49)66)59-35-32-50-39-43-75-76(70(50)48-59)68-24-9-11-30-73(68)91-75/h1-48H. The van der Waals surface area contributed by atoms with Crippen molar-refractivity contribution in [3.05, 3.63) is 291 Å². The summed E-state index contributed by atoms with van der Waals surface area (Å²) in [5.74, 6) is 3.68. The quantitative estimate of drug-likeness (QED) is 0.139. The molecule has 15 aromatic carbocycles. The molecule has 92 heavy (non-hydrogen) atoms. The van der Waals surface area contributed by atoms with Gasteiger partial charge in [-0.2, -0.15) is 0 Å². The fraction of sp³-hybridized carbons (Fsp3) is 0. The number of para-hydroxylation sites is 2. The molecule has 0 aliphatic heterocycles. The predicted molar refractivity (Wildman–Crippen MR) is 376 cm³/mol. The lowest BCUT2D eigenvalue weighted by molar-refractivity contribution is 0.669. The van der Waals surface area contributed by atoms with Gasteiger partial charge in [0.1, 0.15) is 22.3 Å². The molecule has 0 fully saturated rings. The summed E-state index contributed by atoms with van der Waals surface area (Å²) < 4.78 is 13.3. The molecule has 0 unspecified atom stereocenters. The summed E-state index contributed by atoms with van der Waals surface area (Å²) in [6.45, 7) is 0. The van der Waals surface area contributed by atoms with E-state index in [0.717, 1.165) is 164 Å². The number of fused-ring (bicyclic) bond motifs is 15. The number of nitrogens with zero attached hydrogens (tertiary/aromatic N) is 6. The maximum Gasteiger partial charge on any atom is 0.164 e. The smallest absolute Gasteiger partial charge is 0.164 e. The average molecular weight is 1170 g/mol. The van der Waals surface area contributed by atoms with E-state index in [0.29, 0.717) is 34.9 Å². The minimum Gasteiger partial charge on any atom is -0.456 e. The van der Waals surface area contributed by atoms with Gasteiger partial charge >= 0.3 is 0 Å². The van der Waals surface area contributed by atoms with E-state index >= 15 is 0 Å². The van der Waals surface area contributed by atoms with Crippen molar-refractivity contribution in [2.75, 3.05) is 0 Å². The van der Waals surface area contributed by atoms with Crippen LogP contribution in [-0.2, 0) is 0 Å². The van der Waals surface area contributed by atoms with Gasteiger partial charge in [-0.05, 0) is 130 Å². The van der Waals surface area contributed by atoms with Crippen molar-refractivity contribution in [1.82, 2.24) is 29.9 Å². The fourth-order valence-corrected chi connectivity index (χ4v) is 13.9. The summed E-state index contributed by atoms with van der Waals surface area (Å²) in [5, 5.41) is 17.5. The molecule has 0 amide bonds. The van der Waals surface area contributed by atoms with Crippen molar-refractivity contribution in [2.24, 2.45) is 0 Å². The van der Waals surface area contributed by atoms with Crippen LogP contribution in [-0.4, -0.2) is 29.9 Å². The molecular weight excluding hydrogens is 1120 g/mol. The number of hydrogen-bond acceptors (Lipinski definition) is 8. The van der Waals surface area contributed by atoms with Gasteiger partial charge in [-0.15, -0.1) is 0 Å². The lowest BCUT2D eigenvalue weighted by Gasteiger charge is -2.14. The number of aromatic nitrogens is 6. The molecule has 8 nitrogen and oxygen atoms in total. The Kier molecular flexibility index (Phi) is 11.5. The maximum atomic E-state index is 6.96. The van der Waals surface area contributed by atoms with E-state index in [9.17, 15) is 0 Å². The molecule has 0 aliphatic carbocycles. The third-order valence-corrected chi connectivity index (χ3v) is 18.3. The molecule has 8 heteroatoms. The Morgan fingerprint density at radius 3 is 1.38 bits per heavy atom.